The summed E-state index contributed by atoms with van der Waals surface area (Å²) in [6, 6.07) is 6.66. The molecule has 0 unspecified atom stereocenters. The van der Waals surface area contributed by atoms with Crippen molar-refractivity contribution in [3.63, 3.8) is 0 Å². The molecule has 1 heterocycles. The van der Waals surface area contributed by atoms with E-state index in [-0.39, 0.29) is 10.6 Å². The zero-order chi connectivity index (χ0) is 19.4. The van der Waals surface area contributed by atoms with E-state index in [1.165, 1.54) is 17.4 Å². The van der Waals surface area contributed by atoms with Gasteiger partial charge in [0.2, 0.25) is 4.80 Å². The van der Waals surface area contributed by atoms with Crippen molar-refractivity contribution in [2.24, 2.45) is 16.0 Å². The number of benzene rings is 1. The molecular weight excluding hydrogens is 360 g/mol. The lowest BCUT2D eigenvalue weighted by Gasteiger charge is -2.19. The van der Waals surface area contributed by atoms with Gasteiger partial charge in [-0.25, -0.2) is 4.68 Å². The van der Waals surface area contributed by atoms with Crippen molar-refractivity contribution < 1.29 is 4.92 Å². The molecule has 1 aliphatic carbocycles. The molecule has 0 bridgehead atoms. The summed E-state index contributed by atoms with van der Waals surface area (Å²) in [6.45, 7) is 8.67. The Bertz CT molecular complexity index is 945. The van der Waals surface area contributed by atoms with E-state index in [4.69, 9.17) is 5.10 Å². The Morgan fingerprint density at radius 3 is 2.81 bits per heavy atom. The Balaban J connectivity index is 2.08. The molecule has 1 aromatic carbocycles. The highest BCUT2D eigenvalue weighted by Crippen LogP contribution is 2.26. The van der Waals surface area contributed by atoms with Crippen LogP contribution in [0.15, 0.2) is 51.9 Å². The number of nitro groups is 1. The number of thiazole rings is 1. The van der Waals surface area contributed by atoms with Crippen molar-refractivity contribution in [3.8, 4) is 11.3 Å². The molecule has 2 aromatic rings. The van der Waals surface area contributed by atoms with E-state index in [1.54, 1.807) is 12.1 Å². The first-order chi connectivity index (χ1) is 12.9. The second kappa shape index (κ2) is 8.43. The first kappa shape index (κ1) is 19.2. The van der Waals surface area contributed by atoms with E-state index < -0.39 is 0 Å². The average Bonchev–Trinajstić information content (AvgIpc) is 3.04. The largest absolute Gasteiger partial charge is 0.270 e. The topological polar surface area (TPSA) is 72.8 Å². The molecule has 142 valence electrons. The van der Waals surface area contributed by atoms with Gasteiger partial charge in [-0.05, 0) is 38.5 Å². The molecule has 0 spiro atoms. The standard InChI is InChI=1S/C20H24N4O2S/c1-14(2)12-21-20-23(22-17-9-7-15(3)8-10-17)19(13-27-20)16-5-4-6-18(11-16)24(25)26/h4-6,11,13,15H,1,7-10,12H2,2-3H3. The highest BCUT2D eigenvalue weighted by Gasteiger charge is 2.16. The van der Waals surface area contributed by atoms with Crippen molar-refractivity contribution in [2.75, 3.05) is 6.54 Å². The molecule has 3 rings (SSSR count). The summed E-state index contributed by atoms with van der Waals surface area (Å²) in [6.07, 6.45) is 4.26. The predicted molar refractivity (Wildman–Crippen MR) is 110 cm³/mol. The van der Waals surface area contributed by atoms with E-state index in [9.17, 15) is 10.1 Å². The van der Waals surface area contributed by atoms with Crippen LogP contribution in [0, 0.1) is 16.0 Å². The second-order valence-electron chi connectivity index (χ2n) is 7.14. The number of aromatic nitrogens is 1. The molecule has 0 amide bonds. The highest BCUT2D eigenvalue weighted by molar-refractivity contribution is 7.07. The van der Waals surface area contributed by atoms with Crippen molar-refractivity contribution in [1.82, 2.24) is 4.68 Å². The molecule has 1 aromatic heterocycles. The normalized spacial score (nSPS) is 17.8. The van der Waals surface area contributed by atoms with E-state index in [2.05, 4.69) is 18.5 Å². The molecule has 27 heavy (non-hydrogen) atoms. The minimum atomic E-state index is -0.374. The third-order valence-corrected chi connectivity index (χ3v) is 5.47. The average molecular weight is 385 g/mol. The van der Waals surface area contributed by atoms with Crippen molar-refractivity contribution >= 4 is 22.7 Å². The predicted octanol–water partition coefficient (Wildman–Crippen LogP) is 5.02. The fraction of sp³-hybridized carbons (Fsp3) is 0.400. The van der Waals surface area contributed by atoms with Crippen molar-refractivity contribution in [2.45, 2.75) is 39.5 Å². The molecule has 0 radical (unpaired) electrons. The summed E-state index contributed by atoms with van der Waals surface area (Å²) in [5.41, 5.74) is 3.81. The van der Waals surface area contributed by atoms with Gasteiger partial charge in [0.15, 0.2) is 0 Å². The summed E-state index contributed by atoms with van der Waals surface area (Å²) >= 11 is 1.49. The number of rotatable bonds is 5. The van der Waals surface area contributed by atoms with E-state index in [0.717, 1.165) is 58.9 Å². The fourth-order valence-corrected chi connectivity index (χ4v) is 3.85. The van der Waals surface area contributed by atoms with Gasteiger partial charge in [0.25, 0.3) is 5.69 Å². The van der Waals surface area contributed by atoms with E-state index in [1.807, 2.05) is 23.0 Å². The van der Waals surface area contributed by atoms with Gasteiger partial charge in [-0.2, -0.15) is 5.10 Å². The zero-order valence-electron chi connectivity index (χ0n) is 15.7. The third-order valence-electron chi connectivity index (χ3n) is 4.62. The molecule has 1 saturated carbocycles. The van der Waals surface area contributed by atoms with Crippen LogP contribution < -0.4 is 4.80 Å². The summed E-state index contributed by atoms with van der Waals surface area (Å²) < 4.78 is 1.85. The maximum absolute atomic E-state index is 11.1. The molecule has 0 aliphatic heterocycles. The zero-order valence-corrected chi connectivity index (χ0v) is 16.5. The van der Waals surface area contributed by atoms with Crippen LogP contribution in [-0.4, -0.2) is 21.9 Å². The van der Waals surface area contributed by atoms with Gasteiger partial charge in [-0.15, -0.1) is 11.3 Å². The molecule has 6 nitrogen and oxygen atoms in total. The fourth-order valence-electron chi connectivity index (χ4n) is 3.02. The van der Waals surface area contributed by atoms with Crippen LogP contribution in [0.4, 0.5) is 5.69 Å². The number of hydrogen-bond acceptors (Lipinski definition) is 5. The number of hydrogen-bond donors (Lipinski definition) is 0. The Hall–Kier alpha value is -2.54. The van der Waals surface area contributed by atoms with Gasteiger partial charge in [0.05, 0.1) is 17.2 Å². The Morgan fingerprint density at radius 1 is 1.41 bits per heavy atom. The van der Waals surface area contributed by atoms with Crippen LogP contribution in [0.3, 0.4) is 0 Å². The molecule has 7 heteroatoms. The SMILES string of the molecule is C=C(C)CN=c1scc(-c2cccc([N+](=O)[O-])c2)n1N=C1CCC(C)CC1. The van der Waals surface area contributed by atoms with E-state index >= 15 is 0 Å². The number of nitrogens with zero attached hydrogens (tertiary/aromatic N) is 4. The van der Waals surface area contributed by atoms with Crippen LogP contribution >= 0.6 is 11.3 Å². The van der Waals surface area contributed by atoms with Crippen LogP contribution in [0.25, 0.3) is 11.3 Å². The second-order valence-corrected chi connectivity index (χ2v) is 7.98. The van der Waals surface area contributed by atoms with Gasteiger partial charge in [-0.3, -0.25) is 15.1 Å². The van der Waals surface area contributed by atoms with Gasteiger partial charge in [0.1, 0.15) is 0 Å². The Morgan fingerprint density at radius 2 is 2.15 bits per heavy atom. The minimum Gasteiger partial charge on any atom is -0.258 e. The lowest BCUT2D eigenvalue weighted by Crippen LogP contribution is -2.18. The van der Waals surface area contributed by atoms with Gasteiger partial charge < -0.3 is 0 Å². The molecule has 0 saturated heterocycles. The van der Waals surface area contributed by atoms with Crippen LogP contribution in [-0.2, 0) is 0 Å². The smallest absolute Gasteiger partial charge is 0.258 e. The van der Waals surface area contributed by atoms with Crippen LogP contribution in [0.1, 0.15) is 39.5 Å². The first-order valence-electron chi connectivity index (χ1n) is 9.11. The van der Waals surface area contributed by atoms with Gasteiger partial charge in [-0.1, -0.05) is 31.2 Å². The van der Waals surface area contributed by atoms with Crippen LogP contribution in [0.2, 0.25) is 0 Å². The lowest BCUT2D eigenvalue weighted by atomic mass is 9.90. The van der Waals surface area contributed by atoms with Gasteiger partial charge >= 0.3 is 0 Å². The number of non-ortho nitro benzene ring substituents is 1. The minimum absolute atomic E-state index is 0.0739. The van der Waals surface area contributed by atoms with Crippen molar-refractivity contribution in [1.29, 1.82) is 0 Å². The summed E-state index contributed by atoms with van der Waals surface area (Å²) in [7, 11) is 0. The molecule has 1 fully saturated rings. The highest BCUT2D eigenvalue weighted by atomic mass is 32.1. The molecular formula is C20H24N4O2S. The van der Waals surface area contributed by atoms with Crippen LogP contribution in [0.5, 0.6) is 0 Å². The quantitative estimate of drug-likeness (QED) is 0.413. The monoisotopic (exact) mass is 384 g/mol. The summed E-state index contributed by atoms with van der Waals surface area (Å²) in [4.78, 5) is 16.2. The molecule has 1 aliphatic rings. The Labute approximate surface area is 162 Å². The Kier molecular flexibility index (Phi) is 6.01. The molecule has 0 N–H and O–H groups in total. The van der Waals surface area contributed by atoms with E-state index in [0.29, 0.717) is 6.54 Å². The summed E-state index contributed by atoms with van der Waals surface area (Å²) in [5.74, 6) is 0.736. The molecule has 0 atom stereocenters. The van der Waals surface area contributed by atoms with Crippen molar-refractivity contribution in [3.05, 3.63) is 56.7 Å². The lowest BCUT2D eigenvalue weighted by molar-refractivity contribution is -0.384. The summed E-state index contributed by atoms with van der Waals surface area (Å²) in [5, 5.41) is 18.0. The first-order valence-corrected chi connectivity index (χ1v) is 9.99. The van der Waals surface area contributed by atoms with Gasteiger partial charge in [0, 0.05) is 28.8 Å². The maximum atomic E-state index is 11.1. The third kappa shape index (κ3) is 4.80. The number of nitro benzene ring substituents is 1. The maximum Gasteiger partial charge on any atom is 0.270 e.